The third-order valence-electron chi connectivity index (χ3n) is 12.6. The SMILES string of the molecule is CC1=C(CC[C@@H](C)CO[C@@H]2O[C@H](CO)[C@@H](O)[C@H](O)[C@H]2O)O[C@H]2C[C@H]3[C@@H]4CC=C5C[C@@H](O)C[C@@H](O)[C@]5(C)[C@H]4[C@H](O)C[C@]3(C)[C@@H]12. The monoisotopic (exact) mass is 608 g/mol. The van der Waals surface area contributed by atoms with Gasteiger partial charge in [0.05, 0.1) is 37.3 Å². The van der Waals surface area contributed by atoms with Gasteiger partial charge in [-0.1, -0.05) is 32.4 Å². The second kappa shape index (κ2) is 11.6. The third kappa shape index (κ3) is 5.04. The van der Waals surface area contributed by atoms with Crippen LogP contribution in [0, 0.1) is 40.4 Å². The number of rotatable bonds is 7. The molecular weight excluding hydrogens is 556 g/mol. The fourth-order valence-electron chi connectivity index (χ4n) is 10.3. The summed E-state index contributed by atoms with van der Waals surface area (Å²) in [6.07, 6.45) is -0.844. The van der Waals surface area contributed by atoms with Gasteiger partial charge < -0.3 is 50.0 Å². The number of aliphatic hydroxyl groups is 7. The average molecular weight is 609 g/mol. The second-order valence-electron chi connectivity index (χ2n) is 15.1. The molecule has 10 heteroatoms. The molecule has 3 saturated carbocycles. The summed E-state index contributed by atoms with van der Waals surface area (Å²) in [5.41, 5.74) is 1.77. The van der Waals surface area contributed by atoms with E-state index in [-0.39, 0.29) is 41.8 Å². The highest BCUT2D eigenvalue weighted by Crippen LogP contribution is 2.69. The molecule has 16 atom stereocenters. The molecule has 0 radical (unpaired) electrons. The van der Waals surface area contributed by atoms with E-state index < -0.39 is 61.0 Å². The van der Waals surface area contributed by atoms with Crippen molar-refractivity contribution in [3.8, 4) is 0 Å². The van der Waals surface area contributed by atoms with Crippen LogP contribution in [0.2, 0.25) is 0 Å². The molecule has 0 spiro atoms. The minimum absolute atomic E-state index is 0.0276. The lowest BCUT2D eigenvalue weighted by molar-refractivity contribution is -0.303. The van der Waals surface area contributed by atoms with E-state index in [1.54, 1.807) is 0 Å². The Hall–Kier alpha value is -1.08. The minimum atomic E-state index is -1.46. The van der Waals surface area contributed by atoms with Crippen molar-refractivity contribution in [1.29, 1.82) is 0 Å². The summed E-state index contributed by atoms with van der Waals surface area (Å²) in [5.74, 6) is 1.96. The van der Waals surface area contributed by atoms with Gasteiger partial charge in [0.1, 0.15) is 30.5 Å². The van der Waals surface area contributed by atoms with Gasteiger partial charge in [0, 0.05) is 24.2 Å². The number of hydrogen-bond acceptors (Lipinski definition) is 10. The van der Waals surface area contributed by atoms with E-state index >= 15 is 0 Å². The van der Waals surface area contributed by atoms with Crippen molar-refractivity contribution >= 4 is 0 Å². The highest BCUT2D eigenvalue weighted by molar-refractivity contribution is 5.32. The summed E-state index contributed by atoms with van der Waals surface area (Å²) < 4.78 is 17.9. The summed E-state index contributed by atoms with van der Waals surface area (Å²) >= 11 is 0. The summed E-state index contributed by atoms with van der Waals surface area (Å²) in [6, 6.07) is 0. The molecular formula is C33H52O10. The standard InChI is InChI=1S/C33H52O10/c1-15(14-41-31-30(40)29(39)28(38)24(13-34)43-31)5-8-22-16(2)26-23(42-22)11-20-19-7-6-17-9-18(35)10-25(37)33(17,4)27(19)21(36)12-32(20,26)3/h6,15,18-21,23-31,34-40H,5,7-14H2,1-4H3/t15-,18-,19+,20+,21-,23+,24-,25-,26+,27-,28-,29+,30-,31-,32+,33-/m1/s1. The number of allylic oxidation sites excluding steroid dienone is 2. The van der Waals surface area contributed by atoms with Gasteiger partial charge in [0.25, 0.3) is 0 Å². The fraction of sp³-hybridized carbons (Fsp3) is 0.879. The van der Waals surface area contributed by atoms with Gasteiger partial charge in [-0.25, -0.2) is 0 Å². The average Bonchev–Trinajstić information content (AvgIpc) is 3.43. The van der Waals surface area contributed by atoms with Gasteiger partial charge in [-0.15, -0.1) is 0 Å². The molecule has 0 bridgehead atoms. The molecule has 0 aromatic carbocycles. The minimum Gasteiger partial charge on any atom is -0.494 e. The molecule has 6 aliphatic rings. The zero-order chi connectivity index (χ0) is 31.0. The first-order valence-electron chi connectivity index (χ1n) is 16.3. The van der Waals surface area contributed by atoms with Crippen LogP contribution in [0.1, 0.15) is 72.6 Å². The molecule has 10 nitrogen and oxygen atoms in total. The highest BCUT2D eigenvalue weighted by atomic mass is 16.7. The molecule has 6 rings (SSSR count). The summed E-state index contributed by atoms with van der Waals surface area (Å²) in [4.78, 5) is 0. The second-order valence-corrected chi connectivity index (χ2v) is 15.1. The molecule has 2 heterocycles. The first-order chi connectivity index (χ1) is 20.3. The molecule has 4 fully saturated rings. The van der Waals surface area contributed by atoms with Crippen molar-refractivity contribution in [1.82, 2.24) is 0 Å². The largest absolute Gasteiger partial charge is 0.494 e. The zero-order valence-electron chi connectivity index (χ0n) is 25.9. The quantitative estimate of drug-likeness (QED) is 0.210. The molecule has 4 aliphatic carbocycles. The van der Waals surface area contributed by atoms with Crippen LogP contribution >= 0.6 is 0 Å². The molecule has 0 unspecified atom stereocenters. The first kappa shape index (κ1) is 31.9. The lowest BCUT2D eigenvalue weighted by Crippen LogP contribution is -2.60. The third-order valence-corrected chi connectivity index (χ3v) is 12.6. The number of ether oxygens (including phenoxy) is 3. The smallest absolute Gasteiger partial charge is 0.186 e. The molecule has 43 heavy (non-hydrogen) atoms. The van der Waals surface area contributed by atoms with Gasteiger partial charge >= 0.3 is 0 Å². The Balaban J connectivity index is 1.10. The molecule has 244 valence electrons. The van der Waals surface area contributed by atoms with Crippen molar-refractivity contribution in [2.24, 2.45) is 40.4 Å². The van der Waals surface area contributed by atoms with Crippen LogP contribution in [0.15, 0.2) is 23.0 Å². The van der Waals surface area contributed by atoms with E-state index in [1.807, 2.05) is 6.92 Å². The summed E-state index contributed by atoms with van der Waals surface area (Å²) in [7, 11) is 0. The van der Waals surface area contributed by atoms with Crippen LogP contribution < -0.4 is 0 Å². The maximum absolute atomic E-state index is 11.8. The number of aliphatic hydroxyl groups excluding tert-OH is 7. The van der Waals surface area contributed by atoms with Gasteiger partial charge in [0.2, 0.25) is 0 Å². The van der Waals surface area contributed by atoms with E-state index in [2.05, 4.69) is 26.8 Å². The summed E-state index contributed by atoms with van der Waals surface area (Å²) in [5, 5.41) is 73.0. The Labute approximate surface area is 254 Å². The van der Waals surface area contributed by atoms with Gasteiger partial charge in [-0.3, -0.25) is 0 Å². The molecule has 1 saturated heterocycles. The van der Waals surface area contributed by atoms with E-state index in [4.69, 9.17) is 14.2 Å². The van der Waals surface area contributed by atoms with Crippen molar-refractivity contribution in [2.75, 3.05) is 13.2 Å². The maximum atomic E-state index is 11.8. The molecule has 0 aromatic rings. The van der Waals surface area contributed by atoms with Crippen molar-refractivity contribution in [2.45, 2.75) is 128 Å². The molecule has 0 amide bonds. The lowest BCUT2D eigenvalue weighted by atomic mass is 9.45. The first-order valence-corrected chi connectivity index (χ1v) is 16.3. The Morgan fingerprint density at radius 2 is 1.79 bits per heavy atom. The van der Waals surface area contributed by atoms with Crippen LogP contribution in [0.3, 0.4) is 0 Å². The van der Waals surface area contributed by atoms with E-state index in [1.165, 1.54) is 5.57 Å². The normalized spacial score (nSPS) is 51.6. The van der Waals surface area contributed by atoms with Gasteiger partial charge in [0.15, 0.2) is 6.29 Å². The Kier molecular flexibility index (Phi) is 8.61. The predicted octanol–water partition coefficient (Wildman–Crippen LogP) is 1.38. The van der Waals surface area contributed by atoms with Crippen LogP contribution in [0.4, 0.5) is 0 Å². The Morgan fingerprint density at radius 1 is 1.05 bits per heavy atom. The molecule has 0 aromatic heterocycles. The number of fused-ring (bicyclic) bond motifs is 7. The van der Waals surface area contributed by atoms with Crippen LogP contribution in [-0.2, 0) is 14.2 Å². The van der Waals surface area contributed by atoms with Crippen molar-refractivity contribution in [3.05, 3.63) is 23.0 Å². The van der Waals surface area contributed by atoms with E-state index in [9.17, 15) is 35.7 Å². The maximum Gasteiger partial charge on any atom is 0.186 e. The molecule has 7 N–H and O–H groups in total. The number of hydrogen-bond donors (Lipinski definition) is 7. The Bertz CT molecular complexity index is 1110. The molecule has 2 aliphatic heterocycles. The zero-order valence-corrected chi connectivity index (χ0v) is 25.9. The van der Waals surface area contributed by atoms with E-state index in [0.717, 1.165) is 37.0 Å². The Morgan fingerprint density at radius 3 is 2.51 bits per heavy atom. The summed E-state index contributed by atoms with van der Waals surface area (Å²) in [6.45, 7) is 8.43. The van der Waals surface area contributed by atoms with Crippen molar-refractivity contribution in [3.63, 3.8) is 0 Å². The van der Waals surface area contributed by atoms with Gasteiger partial charge in [-0.2, -0.15) is 0 Å². The van der Waals surface area contributed by atoms with Crippen LogP contribution in [0.25, 0.3) is 0 Å². The topological polar surface area (TPSA) is 169 Å². The highest BCUT2D eigenvalue weighted by Gasteiger charge is 2.67. The fourth-order valence-corrected chi connectivity index (χ4v) is 10.3. The lowest BCUT2D eigenvalue weighted by Gasteiger charge is -2.60. The van der Waals surface area contributed by atoms with Crippen molar-refractivity contribution < 1.29 is 50.0 Å². The van der Waals surface area contributed by atoms with E-state index in [0.29, 0.717) is 25.2 Å². The predicted molar refractivity (Wildman–Crippen MR) is 155 cm³/mol. The van der Waals surface area contributed by atoms with Crippen LogP contribution in [0.5, 0.6) is 0 Å². The van der Waals surface area contributed by atoms with Gasteiger partial charge in [-0.05, 0) is 73.7 Å². The van der Waals surface area contributed by atoms with Crippen LogP contribution in [-0.4, -0.2) is 104 Å².